The molecule has 0 rings (SSSR count). The van der Waals surface area contributed by atoms with Crippen molar-refractivity contribution < 1.29 is 9.44 Å². The average Bonchev–Trinajstić information content (AvgIpc) is 2.57. The van der Waals surface area contributed by atoms with E-state index < -0.39 is 0 Å². The molecule has 0 aliphatic carbocycles. The van der Waals surface area contributed by atoms with Crippen LogP contribution in [0.5, 0.6) is 0 Å². The molecule has 1 atom stereocenters. The third-order valence-corrected chi connectivity index (χ3v) is 4.86. The molecule has 23 heavy (non-hydrogen) atoms. The third-order valence-electron chi connectivity index (χ3n) is 4.86. The standard InChI is InChI=1S/C19H40N2O2/c1-5-9-10-11-12-13-14-15-16-17-19(22)20-18(6-2)21(23,7-3)8-4/h18H,5-17H2,1-4H3,(H,20,22). The second kappa shape index (κ2) is 13.8. The fourth-order valence-electron chi connectivity index (χ4n) is 3.07. The lowest BCUT2D eigenvalue weighted by Crippen LogP contribution is -2.58. The van der Waals surface area contributed by atoms with E-state index in [2.05, 4.69) is 12.2 Å². The molecule has 0 saturated carbocycles. The van der Waals surface area contributed by atoms with Crippen LogP contribution in [0, 0.1) is 5.21 Å². The quantitative estimate of drug-likeness (QED) is 0.196. The first kappa shape index (κ1) is 22.4. The Hall–Kier alpha value is -0.610. The van der Waals surface area contributed by atoms with E-state index in [1.807, 2.05) is 20.8 Å². The Morgan fingerprint density at radius 2 is 1.35 bits per heavy atom. The summed E-state index contributed by atoms with van der Waals surface area (Å²) in [6.07, 6.45) is 12.2. The maximum Gasteiger partial charge on any atom is 0.224 e. The van der Waals surface area contributed by atoms with Crippen molar-refractivity contribution in [3.05, 3.63) is 5.21 Å². The van der Waals surface area contributed by atoms with Gasteiger partial charge in [-0.05, 0) is 20.3 Å². The zero-order valence-corrected chi connectivity index (χ0v) is 16.0. The molecular weight excluding hydrogens is 288 g/mol. The molecule has 0 aromatic heterocycles. The molecule has 4 heteroatoms. The Labute approximate surface area is 144 Å². The van der Waals surface area contributed by atoms with Crippen molar-refractivity contribution in [2.75, 3.05) is 13.1 Å². The van der Waals surface area contributed by atoms with Crippen molar-refractivity contribution in [3.63, 3.8) is 0 Å². The molecule has 0 aliphatic rings. The molecule has 138 valence electrons. The minimum absolute atomic E-state index is 0.0417. The van der Waals surface area contributed by atoms with E-state index in [0.29, 0.717) is 25.9 Å². The van der Waals surface area contributed by atoms with Gasteiger partial charge in [-0.3, -0.25) is 4.79 Å². The maximum atomic E-state index is 12.6. The molecule has 0 radical (unpaired) electrons. The lowest BCUT2D eigenvalue weighted by atomic mass is 10.1. The van der Waals surface area contributed by atoms with Crippen molar-refractivity contribution in [2.45, 2.75) is 104 Å². The number of amides is 1. The monoisotopic (exact) mass is 328 g/mol. The van der Waals surface area contributed by atoms with Gasteiger partial charge in [-0.15, -0.1) is 0 Å². The van der Waals surface area contributed by atoms with Crippen LogP contribution in [0.1, 0.15) is 98.3 Å². The fraction of sp³-hybridized carbons (Fsp3) is 0.947. The van der Waals surface area contributed by atoms with Gasteiger partial charge in [0.2, 0.25) is 5.91 Å². The summed E-state index contributed by atoms with van der Waals surface area (Å²) in [5.41, 5.74) is 0. The van der Waals surface area contributed by atoms with Crippen LogP contribution < -0.4 is 5.32 Å². The zero-order valence-electron chi connectivity index (χ0n) is 16.0. The normalized spacial score (nSPS) is 13.1. The Morgan fingerprint density at radius 3 is 1.78 bits per heavy atom. The first-order valence-electron chi connectivity index (χ1n) is 9.91. The minimum atomic E-state index is -0.319. The van der Waals surface area contributed by atoms with Crippen molar-refractivity contribution in [1.82, 2.24) is 5.32 Å². The van der Waals surface area contributed by atoms with Gasteiger partial charge >= 0.3 is 0 Å². The Balaban J connectivity index is 3.77. The Morgan fingerprint density at radius 1 is 0.870 bits per heavy atom. The van der Waals surface area contributed by atoms with Crippen molar-refractivity contribution in [3.8, 4) is 0 Å². The molecule has 0 aromatic carbocycles. The second-order valence-electron chi connectivity index (χ2n) is 6.65. The predicted octanol–water partition coefficient (Wildman–Crippen LogP) is 5.11. The van der Waals surface area contributed by atoms with E-state index in [0.717, 1.165) is 12.8 Å². The molecule has 0 spiro atoms. The molecule has 0 aliphatic heterocycles. The van der Waals surface area contributed by atoms with E-state index >= 15 is 0 Å². The molecule has 1 unspecified atom stereocenters. The van der Waals surface area contributed by atoms with Crippen LogP contribution in [0.25, 0.3) is 0 Å². The van der Waals surface area contributed by atoms with Crippen LogP contribution in [0.4, 0.5) is 0 Å². The number of nitrogens with one attached hydrogen (secondary N) is 1. The lowest BCUT2D eigenvalue weighted by molar-refractivity contribution is -0.904. The third kappa shape index (κ3) is 9.98. The summed E-state index contributed by atoms with van der Waals surface area (Å²) in [4.78, 5) is 12.0. The number of unbranched alkanes of at least 4 members (excludes halogenated alkanes) is 8. The second-order valence-corrected chi connectivity index (χ2v) is 6.65. The van der Waals surface area contributed by atoms with Crippen molar-refractivity contribution in [1.29, 1.82) is 0 Å². The van der Waals surface area contributed by atoms with Gasteiger partial charge in [0.1, 0.15) is 0 Å². The number of hydrogen-bond acceptors (Lipinski definition) is 2. The lowest BCUT2D eigenvalue weighted by Gasteiger charge is -2.47. The average molecular weight is 329 g/mol. The Bertz CT molecular complexity index is 291. The summed E-state index contributed by atoms with van der Waals surface area (Å²) in [5.74, 6) is 0.0417. The van der Waals surface area contributed by atoms with E-state index in [9.17, 15) is 10.0 Å². The number of nitrogens with zero attached hydrogens (tertiary/aromatic N) is 1. The van der Waals surface area contributed by atoms with Gasteiger partial charge in [-0.1, -0.05) is 65.2 Å². The molecule has 4 nitrogen and oxygen atoms in total. The van der Waals surface area contributed by atoms with Crippen LogP contribution in [0.15, 0.2) is 0 Å². The highest BCUT2D eigenvalue weighted by Crippen LogP contribution is 2.14. The Kier molecular flexibility index (Phi) is 13.4. The van der Waals surface area contributed by atoms with Crippen molar-refractivity contribution in [2.24, 2.45) is 0 Å². The minimum Gasteiger partial charge on any atom is -0.631 e. The topological polar surface area (TPSA) is 52.2 Å². The number of hydroxylamine groups is 3. The van der Waals surface area contributed by atoms with Crippen molar-refractivity contribution >= 4 is 5.91 Å². The van der Waals surface area contributed by atoms with Gasteiger partial charge < -0.3 is 15.2 Å². The highest BCUT2D eigenvalue weighted by atomic mass is 16.5. The van der Waals surface area contributed by atoms with E-state index in [1.165, 1.54) is 44.9 Å². The van der Waals surface area contributed by atoms with Crippen LogP contribution in [-0.2, 0) is 4.79 Å². The first-order chi connectivity index (χ1) is 11.0. The van der Waals surface area contributed by atoms with E-state index in [-0.39, 0.29) is 16.7 Å². The molecule has 0 fully saturated rings. The van der Waals surface area contributed by atoms with Gasteiger partial charge in [-0.25, -0.2) is 0 Å². The fourth-order valence-corrected chi connectivity index (χ4v) is 3.07. The number of carbonyl (C=O) groups excluding carboxylic acids is 1. The van der Waals surface area contributed by atoms with E-state index in [1.54, 1.807) is 0 Å². The largest absolute Gasteiger partial charge is 0.631 e. The van der Waals surface area contributed by atoms with E-state index in [4.69, 9.17) is 0 Å². The molecule has 0 bridgehead atoms. The molecule has 0 saturated heterocycles. The number of carbonyl (C=O) groups is 1. The van der Waals surface area contributed by atoms with Crippen LogP contribution in [-0.4, -0.2) is 29.8 Å². The van der Waals surface area contributed by atoms with Gasteiger partial charge in [0.05, 0.1) is 13.1 Å². The summed E-state index contributed by atoms with van der Waals surface area (Å²) in [7, 11) is 0. The zero-order chi connectivity index (χ0) is 17.6. The summed E-state index contributed by atoms with van der Waals surface area (Å²) in [6, 6.07) is 0. The first-order valence-corrected chi connectivity index (χ1v) is 9.91. The van der Waals surface area contributed by atoms with Gasteiger partial charge in [0.15, 0.2) is 6.17 Å². The number of hydrogen-bond donors (Lipinski definition) is 1. The highest BCUT2D eigenvalue weighted by Gasteiger charge is 2.25. The molecular formula is C19H40N2O2. The smallest absolute Gasteiger partial charge is 0.224 e. The predicted molar refractivity (Wildman–Crippen MR) is 98.8 cm³/mol. The van der Waals surface area contributed by atoms with Gasteiger partial charge in [-0.2, -0.15) is 0 Å². The van der Waals surface area contributed by atoms with Gasteiger partial charge in [0, 0.05) is 12.8 Å². The summed E-state index contributed by atoms with van der Waals surface area (Å²) in [6.45, 7) is 9.02. The number of quaternary nitrogens is 1. The molecule has 0 aromatic rings. The molecule has 1 amide bonds. The van der Waals surface area contributed by atoms with Crippen LogP contribution >= 0.6 is 0 Å². The maximum absolute atomic E-state index is 12.6. The number of rotatable bonds is 15. The highest BCUT2D eigenvalue weighted by molar-refractivity contribution is 5.75. The summed E-state index contributed by atoms with van der Waals surface area (Å²) < 4.78 is -0.319. The van der Waals surface area contributed by atoms with Crippen LogP contribution in [0.3, 0.4) is 0 Å². The molecule has 0 heterocycles. The SMILES string of the molecule is CCCCCCCCCCCC(=O)NC(CC)[N+]([O-])(CC)CC. The summed E-state index contributed by atoms with van der Waals surface area (Å²) in [5, 5.41) is 15.5. The summed E-state index contributed by atoms with van der Waals surface area (Å²) >= 11 is 0. The molecule has 1 N–H and O–H groups in total. The van der Waals surface area contributed by atoms with Crippen LogP contribution in [0.2, 0.25) is 0 Å². The van der Waals surface area contributed by atoms with Gasteiger partial charge in [0.25, 0.3) is 0 Å².